The Bertz CT molecular complexity index is 1020. The van der Waals surface area contributed by atoms with E-state index in [1.165, 1.54) is 17.3 Å². The summed E-state index contributed by atoms with van der Waals surface area (Å²) in [5.74, 6) is 0.187. The lowest BCUT2D eigenvalue weighted by molar-refractivity contribution is 0.102. The van der Waals surface area contributed by atoms with Crippen LogP contribution in [0.2, 0.25) is 5.15 Å². The molecule has 0 atom stereocenters. The van der Waals surface area contributed by atoms with E-state index in [0.29, 0.717) is 16.5 Å². The number of aryl methyl sites for hydroxylation is 2. The summed E-state index contributed by atoms with van der Waals surface area (Å²) >= 11 is 9.45. The Morgan fingerprint density at radius 1 is 0.964 bits per heavy atom. The lowest BCUT2D eigenvalue weighted by Gasteiger charge is -2.12. The molecule has 1 heterocycles. The molecule has 0 fully saturated rings. The predicted octanol–water partition coefficient (Wildman–Crippen LogP) is 6.11. The van der Waals surface area contributed by atoms with Crippen molar-refractivity contribution in [3.8, 4) is 11.4 Å². The molecule has 0 unspecified atom stereocenters. The quantitative estimate of drug-likeness (QED) is 0.391. The zero-order valence-electron chi connectivity index (χ0n) is 16.0. The van der Waals surface area contributed by atoms with E-state index < -0.39 is 0 Å². The average Bonchev–Trinajstić information content (AvgIpc) is 2.70. The van der Waals surface area contributed by atoms with Crippen molar-refractivity contribution in [1.82, 2.24) is 9.97 Å². The molecule has 0 bridgehead atoms. The number of nitrogens with one attached hydrogen (secondary N) is 1. The number of hydrogen-bond acceptors (Lipinski definition) is 5. The molecule has 0 aliphatic rings. The van der Waals surface area contributed by atoms with Gasteiger partial charge in [0.2, 0.25) is 0 Å². The highest BCUT2D eigenvalue weighted by molar-refractivity contribution is 7.98. The third-order valence-corrected chi connectivity index (χ3v) is 6.06. The van der Waals surface area contributed by atoms with Crippen molar-refractivity contribution < 1.29 is 4.79 Å². The van der Waals surface area contributed by atoms with Gasteiger partial charge in [0.05, 0.1) is 0 Å². The zero-order chi connectivity index (χ0) is 20.3. The van der Waals surface area contributed by atoms with Crippen LogP contribution in [0.1, 0.15) is 21.5 Å². The fourth-order valence-electron chi connectivity index (χ4n) is 2.63. The first kappa shape index (κ1) is 20.7. The average molecular weight is 430 g/mol. The molecule has 2 aromatic carbocycles. The number of carbonyl (C=O) groups excluding carboxylic acids is 1. The topological polar surface area (TPSA) is 54.9 Å². The molecule has 144 valence electrons. The van der Waals surface area contributed by atoms with Gasteiger partial charge in [0.15, 0.2) is 5.82 Å². The maximum atomic E-state index is 12.9. The van der Waals surface area contributed by atoms with E-state index >= 15 is 0 Å². The number of benzene rings is 2. The van der Waals surface area contributed by atoms with Crippen molar-refractivity contribution in [2.45, 2.75) is 23.8 Å². The molecule has 3 rings (SSSR count). The summed E-state index contributed by atoms with van der Waals surface area (Å²) in [5.41, 5.74) is 4.14. The van der Waals surface area contributed by atoms with Crippen LogP contribution in [0.4, 0.5) is 5.69 Å². The molecular weight excluding hydrogens is 410 g/mol. The largest absolute Gasteiger partial charge is 0.322 e. The first-order valence-corrected chi connectivity index (χ1v) is 11.4. The molecule has 0 aliphatic heterocycles. The molecule has 0 saturated heterocycles. The van der Waals surface area contributed by atoms with Gasteiger partial charge < -0.3 is 5.32 Å². The molecular formula is C21H20ClN3OS2. The second-order valence-corrected chi connectivity index (χ2v) is 8.24. The first-order valence-electron chi connectivity index (χ1n) is 8.57. The van der Waals surface area contributed by atoms with Gasteiger partial charge in [0, 0.05) is 16.1 Å². The Morgan fingerprint density at radius 2 is 1.68 bits per heavy atom. The van der Waals surface area contributed by atoms with Crippen molar-refractivity contribution in [1.29, 1.82) is 0 Å². The molecule has 1 aromatic heterocycles. The molecule has 0 radical (unpaired) electrons. The Labute approximate surface area is 178 Å². The fraction of sp³-hybridized carbons (Fsp3) is 0.190. The van der Waals surface area contributed by atoms with Crippen LogP contribution in [-0.2, 0) is 0 Å². The van der Waals surface area contributed by atoms with Crippen LogP contribution in [0, 0.1) is 13.8 Å². The van der Waals surface area contributed by atoms with Gasteiger partial charge in [-0.1, -0.05) is 29.8 Å². The molecule has 0 spiro atoms. The number of carbonyl (C=O) groups is 1. The van der Waals surface area contributed by atoms with Crippen molar-refractivity contribution in [2.75, 3.05) is 17.8 Å². The van der Waals surface area contributed by atoms with Gasteiger partial charge in [0.1, 0.15) is 15.7 Å². The second-order valence-electron chi connectivity index (χ2n) is 6.20. The summed E-state index contributed by atoms with van der Waals surface area (Å²) in [6.45, 7) is 4.04. The third-order valence-electron chi connectivity index (χ3n) is 4.37. The van der Waals surface area contributed by atoms with Crippen LogP contribution in [-0.4, -0.2) is 28.4 Å². The first-order chi connectivity index (χ1) is 13.4. The van der Waals surface area contributed by atoms with Crippen LogP contribution in [0.25, 0.3) is 11.4 Å². The summed E-state index contributed by atoms with van der Waals surface area (Å²) in [6, 6.07) is 13.7. The minimum Gasteiger partial charge on any atom is -0.322 e. The van der Waals surface area contributed by atoms with Crippen molar-refractivity contribution >= 4 is 46.7 Å². The van der Waals surface area contributed by atoms with Gasteiger partial charge >= 0.3 is 0 Å². The highest BCUT2D eigenvalue weighted by Crippen LogP contribution is 2.29. The summed E-state index contributed by atoms with van der Waals surface area (Å²) in [6.07, 6.45) is 3.89. The van der Waals surface area contributed by atoms with Crippen molar-refractivity contribution in [2.24, 2.45) is 0 Å². The minimum absolute atomic E-state index is 0.143. The molecule has 0 saturated carbocycles. The smallest absolute Gasteiger partial charge is 0.261 e. The second kappa shape index (κ2) is 8.99. The highest BCUT2D eigenvalue weighted by Gasteiger charge is 2.20. The Morgan fingerprint density at radius 3 is 2.29 bits per heavy atom. The van der Waals surface area contributed by atoms with Crippen LogP contribution in [0.3, 0.4) is 0 Å². The number of anilines is 1. The lowest BCUT2D eigenvalue weighted by Crippen LogP contribution is -2.16. The van der Waals surface area contributed by atoms with Crippen LogP contribution in [0.5, 0.6) is 0 Å². The van der Waals surface area contributed by atoms with E-state index in [1.54, 1.807) is 11.8 Å². The van der Waals surface area contributed by atoms with Gasteiger partial charge in [-0.15, -0.1) is 23.5 Å². The summed E-state index contributed by atoms with van der Waals surface area (Å²) in [7, 11) is 0. The van der Waals surface area contributed by atoms with Gasteiger partial charge in [-0.05, 0) is 61.8 Å². The summed E-state index contributed by atoms with van der Waals surface area (Å²) < 4.78 is 0. The van der Waals surface area contributed by atoms with Crippen LogP contribution >= 0.6 is 35.1 Å². The van der Waals surface area contributed by atoms with Crippen LogP contribution in [0.15, 0.2) is 52.4 Å². The zero-order valence-corrected chi connectivity index (χ0v) is 18.4. The maximum absolute atomic E-state index is 12.9. The van der Waals surface area contributed by atoms with Gasteiger partial charge in [-0.2, -0.15) is 0 Å². The monoisotopic (exact) mass is 429 g/mol. The van der Waals surface area contributed by atoms with E-state index in [1.807, 2.05) is 68.8 Å². The van der Waals surface area contributed by atoms with Gasteiger partial charge in [0.25, 0.3) is 5.91 Å². The Kier molecular flexibility index (Phi) is 6.65. The van der Waals surface area contributed by atoms with E-state index in [9.17, 15) is 4.79 Å². The summed E-state index contributed by atoms with van der Waals surface area (Å²) in [5, 5.41) is 3.59. The van der Waals surface area contributed by atoms with Gasteiger partial charge in [-0.3, -0.25) is 4.79 Å². The standard InChI is InChI=1S/C21H20ClN3OS2/c1-12-5-8-15(11-13(12)2)23-20(26)17-18(22)24-19(25-21(17)28-4)14-6-9-16(27-3)10-7-14/h5-11H,1-4H3,(H,23,26). The number of nitrogens with zero attached hydrogens (tertiary/aromatic N) is 2. The van der Waals surface area contributed by atoms with Crippen molar-refractivity contribution in [3.63, 3.8) is 0 Å². The normalized spacial score (nSPS) is 10.8. The lowest BCUT2D eigenvalue weighted by atomic mass is 10.1. The van der Waals surface area contributed by atoms with E-state index in [4.69, 9.17) is 11.6 Å². The number of rotatable bonds is 5. The Balaban J connectivity index is 1.94. The predicted molar refractivity (Wildman–Crippen MR) is 120 cm³/mol. The highest BCUT2D eigenvalue weighted by atomic mass is 35.5. The molecule has 4 nitrogen and oxygen atoms in total. The number of hydrogen-bond donors (Lipinski definition) is 1. The van der Waals surface area contributed by atoms with Gasteiger partial charge in [-0.25, -0.2) is 9.97 Å². The fourth-order valence-corrected chi connectivity index (χ4v) is 3.93. The van der Waals surface area contributed by atoms with E-state index in [2.05, 4.69) is 15.3 Å². The number of aromatic nitrogens is 2. The minimum atomic E-state index is -0.318. The SMILES string of the molecule is CSc1ccc(-c2nc(Cl)c(C(=O)Nc3ccc(C)c(C)c3)c(SC)n2)cc1. The Hall–Kier alpha value is -2.02. The summed E-state index contributed by atoms with van der Waals surface area (Å²) in [4.78, 5) is 23.0. The number of halogens is 1. The number of amides is 1. The third kappa shape index (κ3) is 4.51. The number of thioether (sulfide) groups is 2. The molecule has 0 aliphatic carbocycles. The molecule has 28 heavy (non-hydrogen) atoms. The van der Waals surface area contributed by atoms with E-state index in [-0.39, 0.29) is 16.6 Å². The molecule has 1 N–H and O–H groups in total. The van der Waals surface area contributed by atoms with E-state index in [0.717, 1.165) is 16.0 Å². The van der Waals surface area contributed by atoms with Crippen LogP contribution < -0.4 is 5.32 Å². The molecule has 7 heteroatoms. The molecule has 1 amide bonds. The maximum Gasteiger partial charge on any atom is 0.261 e. The molecule has 3 aromatic rings. The van der Waals surface area contributed by atoms with Crippen molar-refractivity contribution in [3.05, 3.63) is 64.3 Å².